The predicted molar refractivity (Wildman–Crippen MR) is 111 cm³/mol. The Morgan fingerprint density at radius 1 is 1.21 bits per heavy atom. The Morgan fingerprint density at radius 2 is 1.93 bits per heavy atom. The van der Waals surface area contributed by atoms with Gasteiger partial charge in [0.05, 0.1) is 11.0 Å². The topological polar surface area (TPSA) is 111 Å². The number of anilines is 2. The van der Waals surface area contributed by atoms with Crippen molar-refractivity contribution in [1.29, 1.82) is 0 Å². The van der Waals surface area contributed by atoms with Gasteiger partial charge in [-0.1, -0.05) is 6.07 Å². The molecule has 152 valence electrons. The van der Waals surface area contributed by atoms with E-state index in [9.17, 15) is 13.2 Å². The zero-order valence-electron chi connectivity index (χ0n) is 15.5. The monoisotopic (exact) mass is 425 g/mol. The summed E-state index contributed by atoms with van der Waals surface area (Å²) in [6, 6.07) is 11.1. The number of carbonyl (C=O) groups is 1. The average molecular weight is 426 g/mol. The van der Waals surface area contributed by atoms with Gasteiger partial charge in [0, 0.05) is 30.1 Å². The molecule has 4 N–H and O–H groups in total. The standard InChI is InChI=1S/C19H23N3O4S.ClH/c1-13-4-7-15(20)11-18(13)22-19(23)14-5-8-17(9-6-14)27(24,25)21-12-16-3-2-10-26-16;/h4-9,11,16,21H,2-3,10,12,20H2,1H3,(H,22,23);1H. The number of nitrogen functional groups attached to an aromatic ring is 1. The van der Waals surface area contributed by atoms with Crippen LogP contribution in [0, 0.1) is 6.92 Å². The number of halogens is 1. The number of benzene rings is 2. The lowest BCUT2D eigenvalue weighted by Crippen LogP contribution is -2.31. The smallest absolute Gasteiger partial charge is 0.255 e. The summed E-state index contributed by atoms with van der Waals surface area (Å²) in [6.07, 6.45) is 1.72. The first-order chi connectivity index (χ1) is 12.8. The number of nitrogens with one attached hydrogen (secondary N) is 2. The summed E-state index contributed by atoms with van der Waals surface area (Å²) in [5.41, 5.74) is 8.16. The first-order valence-corrected chi connectivity index (χ1v) is 10.2. The summed E-state index contributed by atoms with van der Waals surface area (Å²) in [5.74, 6) is -0.333. The number of nitrogens with two attached hydrogens (primary N) is 1. The fourth-order valence-electron chi connectivity index (χ4n) is 2.85. The molecule has 2 aromatic rings. The Hall–Kier alpha value is -2.13. The number of amides is 1. The van der Waals surface area contributed by atoms with Crippen LogP contribution in [-0.2, 0) is 14.8 Å². The third-order valence-corrected chi connectivity index (χ3v) is 5.90. The minimum atomic E-state index is -3.64. The van der Waals surface area contributed by atoms with Crippen LogP contribution in [-0.4, -0.2) is 33.6 Å². The van der Waals surface area contributed by atoms with Crippen LogP contribution in [0.1, 0.15) is 28.8 Å². The zero-order chi connectivity index (χ0) is 19.4. The van der Waals surface area contributed by atoms with E-state index in [2.05, 4.69) is 10.0 Å². The van der Waals surface area contributed by atoms with Gasteiger partial charge >= 0.3 is 0 Å². The molecule has 1 aliphatic heterocycles. The second-order valence-corrected chi connectivity index (χ2v) is 8.31. The molecule has 28 heavy (non-hydrogen) atoms. The van der Waals surface area contributed by atoms with Crippen molar-refractivity contribution >= 4 is 39.7 Å². The van der Waals surface area contributed by atoms with Crippen molar-refractivity contribution < 1.29 is 17.9 Å². The minimum Gasteiger partial charge on any atom is -0.399 e. The maximum absolute atomic E-state index is 12.4. The predicted octanol–water partition coefficient (Wildman–Crippen LogP) is 2.71. The molecule has 9 heteroatoms. The van der Waals surface area contributed by atoms with Crippen molar-refractivity contribution in [2.45, 2.75) is 30.8 Å². The fourth-order valence-corrected chi connectivity index (χ4v) is 3.91. The van der Waals surface area contributed by atoms with E-state index in [1.165, 1.54) is 24.3 Å². The molecule has 0 bridgehead atoms. The van der Waals surface area contributed by atoms with Crippen molar-refractivity contribution in [2.75, 3.05) is 24.2 Å². The SMILES string of the molecule is Cc1ccc(N)cc1NC(=O)c1ccc(S(=O)(=O)NCC2CCCO2)cc1.Cl. The van der Waals surface area contributed by atoms with Gasteiger partial charge in [-0.2, -0.15) is 0 Å². The largest absolute Gasteiger partial charge is 0.399 e. The van der Waals surface area contributed by atoms with E-state index in [-0.39, 0.29) is 35.9 Å². The number of rotatable bonds is 6. The number of hydrogen-bond donors (Lipinski definition) is 3. The minimum absolute atomic E-state index is 0. The molecule has 1 fully saturated rings. The summed E-state index contributed by atoms with van der Waals surface area (Å²) < 4.78 is 32.7. The second-order valence-electron chi connectivity index (χ2n) is 6.54. The second kappa shape index (κ2) is 9.38. The Kier molecular flexibility index (Phi) is 7.42. The Labute approximate surface area is 171 Å². The number of hydrogen-bond acceptors (Lipinski definition) is 5. The lowest BCUT2D eigenvalue weighted by molar-refractivity contribution is 0.102. The van der Waals surface area contributed by atoms with Crippen LogP contribution in [0.3, 0.4) is 0 Å². The van der Waals surface area contributed by atoms with Gasteiger partial charge < -0.3 is 15.8 Å². The fraction of sp³-hybridized carbons (Fsp3) is 0.316. The summed E-state index contributed by atoms with van der Waals surface area (Å²) in [4.78, 5) is 12.5. The summed E-state index contributed by atoms with van der Waals surface area (Å²) in [6.45, 7) is 2.78. The molecule has 1 unspecified atom stereocenters. The molecule has 0 aromatic heterocycles. The lowest BCUT2D eigenvalue weighted by atomic mass is 10.1. The molecule has 1 heterocycles. The first-order valence-electron chi connectivity index (χ1n) is 8.74. The van der Waals surface area contributed by atoms with Crippen LogP contribution in [0.2, 0.25) is 0 Å². The molecular formula is C19H24ClN3O4S. The van der Waals surface area contributed by atoms with Gasteiger partial charge in [0.1, 0.15) is 0 Å². The van der Waals surface area contributed by atoms with E-state index < -0.39 is 10.0 Å². The van der Waals surface area contributed by atoms with Gasteiger partial charge in [0.15, 0.2) is 0 Å². The van der Waals surface area contributed by atoms with Crippen LogP contribution in [0.4, 0.5) is 11.4 Å². The molecule has 3 rings (SSSR count). The molecule has 1 aliphatic rings. The van der Waals surface area contributed by atoms with Crippen molar-refractivity contribution in [3.63, 3.8) is 0 Å². The molecule has 0 spiro atoms. The van der Waals surface area contributed by atoms with Gasteiger partial charge in [-0.05, 0) is 61.7 Å². The Balaban J connectivity index is 0.00000280. The van der Waals surface area contributed by atoms with Crippen molar-refractivity contribution in [3.8, 4) is 0 Å². The molecule has 1 atom stereocenters. The van der Waals surface area contributed by atoms with Gasteiger partial charge in [0.25, 0.3) is 5.91 Å². The molecule has 0 saturated carbocycles. The third kappa shape index (κ3) is 5.45. The molecule has 1 saturated heterocycles. The van der Waals surface area contributed by atoms with Crippen LogP contribution >= 0.6 is 12.4 Å². The van der Waals surface area contributed by atoms with Gasteiger partial charge in [-0.15, -0.1) is 12.4 Å². The molecule has 0 aliphatic carbocycles. The molecule has 0 radical (unpaired) electrons. The van der Waals surface area contributed by atoms with E-state index in [1.807, 2.05) is 13.0 Å². The molecular weight excluding hydrogens is 402 g/mol. The number of aryl methyl sites for hydroxylation is 1. The molecule has 2 aromatic carbocycles. The third-order valence-electron chi connectivity index (χ3n) is 4.46. The Morgan fingerprint density at radius 3 is 2.57 bits per heavy atom. The maximum atomic E-state index is 12.4. The quantitative estimate of drug-likeness (QED) is 0.616. The summed E-state index contributed by atoms with van der Waals surface area (Å²) in [5, 5.41) is 2.79. The van der Waals surface area contributed by atoms with Crippen LogP contribution < -0.4 is 15.8 Å². The summed E-state index contributed by atoms with van der Waals surface area (Å²) in [7, 11) is -3.64. The van der Waals surface area contributed by atoms with Gasteiger partial charge in [-0.3, -0.25) is 4.79 Å². The van der Waals surface area contributed by atoms with Gasteiger partial charge in [0.2, 0.25) is 10.0 Å². The van der Waals surface area contributed by atoms with Crippen LogP contribution in [0.15, 0.2) is 47.4 Å². The number of ether oxygens (including phenoxy) is 1. The summed E-state index contributed by atoms with van der Waals surface area (Å²) >= 11 is 0. The average Bonchev–Trinajstić information content (AvgIpc) is 3.17. The van der Waals surface area contributed by atoms with Gasteiger partial charge in [-0.25, -0.2) is 13.1 Å². The highest BCUT2D eigenvalue weighted by Crippen LogP contribution is 2.20. The normalized spacial score (nSPS) is 16.4. The molecule has 7 nitrogen and oxygen atoms in total. The zero-order valence-corrected chi connectivity index (χ0v) is 17.1. The van der Waals surface area contributed by atoms with E-state index >= 15 is 0 Å². The van der Waals surface area contributed by atoms with E-state index in [0.29, 0.717) is 23.5 Å². The Bertz CT molecular complexity index is 927. The van der Waals surface area contributed by atoms with Crippen LogP contribution in [0.25, 0.3) is 0 Å². The van der Waals surface area contributed by atoms with Crippen molar-refractivity contribution in [2.24, 2.45) is 0 Å². The van der Waals surface area contributed by atoms with E-state index in [1.54, 1.807) is 12.1 Å². The van der Waals surface area contributed by atoms with Crippen molar-refractivity contribution in [1.82, 2.24) is 4.72 Å². The van der Waals surface area contributed by atoms with Crippen molar-refractivity contribution in [3.05, 3.63) is 53.6 Å². The first kappa shape index (κ1) is 22.2. The molecule has 1 amide bonds. The highest BCUT2D eigenvalue weighted by Gasteiger charge is 2.20. The highest BCUT2D eigenvalue weighted by atomic mass is 35.5. The van der Waals surface area contributed by atoms with E-state index in [0.717, 1.165) is 18.4 Å². The van der Waals surface area contributed by atoms with E-state index in [4.69, 9.17) is 10.5 Å². The number of sulfonamides is 1. The van der Waals surface area contributed by atoms with Crippen LogP contribution in [0.5, 0.6) is 0 Å². The number of carbonyl (C=O) groups excluding carboxylic acids is 1. The highest BCUT2D eigenvalue weighted by molar-refractivity contribution is 7.89. The maximum Gasteiger partial charge on any atom is 0.255 e. The lowest BCUT2D eigenvalue weighted by Gasteiger charge is -2.12.